The van der Waals surface area contributed by atoms with Gasteiger partial charge in [0.15, 0.2) is 0 Å². The molecule has 7 nitrogen and oxygen atoms in total. The standard InChI is InChI=1S/C9H11F2N3O4S/c1-5(4-12)13-19(17,18)9-3-8(14(15)16)6(10)2-7(9)11/h2-3,5,13H,4,12H2,1H3/t5-/m1/s1. The molecule has 10 heteroatoms. The average molecular weight is 295 g/mol. The summed E-state index contributed by atoms with van der Waals surface area (Å²) in [6.07, 6.45) is 0. The Kier molecular flexibility index (Phi) is 4.50. The fourth-order valence-corrected chi connectivity index (χ4v) is 2.58. The van der Waals surface area contributed by atoms with Gasteiger partial charge in [0.05, 0.1) is 4.92 Å². The SMILES string of the molecule is C[C@H](CN)NS(=O)(=O)c1cc([N+](=O)[O-])c(F)cc1F. The van der Waals surface area contributed by atoms with Crippen LogP contribution in [-0.2, 0) is 10.0 Å². The predicted octanol–water partition coefficient (Wildman–Crippen LogP) is 0.499. The lowest BCUT2D eigenvalue weighted by Crippen LogP contribution is -2.38. The third kappa shape index (κ3) is 3.43. The van der Waals surface area contributed by atoms with Gasteiger partial charge in [0.25, 0.3) is 0 Å². The van der Waals surface area contributed by atoms with Gasteiger partial charge in [-0.25, -0.2) is 17.5 Å². The van der Waals surface area contributed by atoms with Crippen molar-refractivity contribution in [2.75, 3.05) is 6.54 Å². The molecule has 1 aromatic carbocycles. The van der Waals surface area contributed by atoms with E-state index in [1.54, 1.807) is 0 Å². The van der Waals surface area contributed by atoms with Gasteiger partial charge in [-0.15, -0.1) is 0 Å². The van der Waals surface area contributed by atoms with Crippen LogP contribution < -0.4 is 10.5 Å². The van der Waals surface area contributed by atoms with Crippen molar-refractivity contribution < 1.29 is 22.1 Å². The van der Waals surface area contributed by atoms with E-state index in [1.807, 2.05) is 4.72 Å². The van der Waals surface area contributed by atoms with Gasteiger partial charge in [-0.1, -0.05) is 0 Å². The van der Waals surface area contributed by atoms with Gasteiger partial charge in [0.1, 0.15) is 10.7 Å². The highest BCUT2D eigenvalue weighted by molar-refractivity contribution is 7.89. The molecule has 1 atom stereocenters. The number of nitro groups is 1. The number of nitrogens with zero attached hydrogens (tertiary/aromatic N) is 1. The lowest BCUT2D eigenvalue weighted by atomic mass is 10.3. The molecule has 0 fully saturated rings. The van der Waals surface area contributed by atoms with Crippen LogP contribution >= 0.6 is 0 Å². The Bertz CT molecular complexity index is 606. The van der Waals surface area contributed by atoms with Crippen LogP contribution in [0.25, 0.3) is 0 Å². The van der Waals surface area contributed by atoms with Crippen LogP contribution in [0.4, 0.5) is 14.5 Å². The highest BCUT2D eigenvalue weighted by Crippen LogP contribution is 2.24. The Hall–Kier alpha value is -1.65. The van der Waals surface area contributed by atoms with E-state index in [0.717, 1.165) is 0 Å². The molecule has 1 aromatic rings. The number of nitrogens with one attached hydrogen (secondary N) is 1. The first-order valence-corrected chi connectivity index (χ1v) is 6.53. The Labute approximate surface area is 107 Å². The van der Waals surface area contributed by atoms with Crippen molar-refractivity contribution in [3.63, 3.8) is 0 Å². The molecule has 0 heterocycles. The van der Waals surface area contributed by atoms with Crippen LogP contribution in [0, 0.1) is 21.7 Å². The summed E-state index contributed by atoms with van der Waals surface area (Å²) < 4.78 is 52.0. The van der Waals surface area contributed by atoms with Gasteiger partial charge in [-0.2, -0.15) is 4.39 Å². The van der Waals surface area contributed by atoms with E-state index in [2.05, 4.69) is 0 Å². The number of hydrogen-bond donors (Lipinski definition) is 2. The molecule has 0 amide bonds. The third-order valence-electron chi connectivity index (χ3n) is 2.20. The molecule has 0 bridgehead atoms. The van der Waals surface area contributed by atoms with Gasteiger partial charge >= 0.3 is 5.69 Å². The van der Waals surface area contributed by atoms with Crippen molar-refractivity contribution in [2.24, 2.45) is 5.73 Å². The number of sulfonamides is 1. The summed E-state index contributed by atoms with van der Waals surface area (Å²) in [7, 11) is -4.35. The first-order valence-electron chi connectivity index (χ1n) is 5.05. The molecule has 1 rings (SSSR count). The fraction of sp³-hybridized carbons (Fsp3) is 0.333. The zero-order valence-electron chi connectivity index (χ0n) is 9.76. The molecule has 0 aromatic heterocycles. The van der Waals surface area contributed by atoms with Gasteiger partial charge in [0.2, 0.25) is 15.8 Å². The Morgan fingerprint density at radius 2 is 2.00 bits per heavy atom. The number of nitro benzene ring substituents is 1. The summed E-state index contributed by atoms with van der Waals surface area (Å²) in [4.78, 5) is 8.36. The van der Waals surface area contributed by atoms with E-state index in [0.29, 0.717) is 6.07 Å². The van der Waals surface area contributed by atoms with E-state index >= 15 is 0 Å². The number of benzene rings is 1. The minimum atomic E-state index is -4.35. The Morgan fingerprint density at radius 3 is 2.47 bits per heavy atom. The molecule has 0 aliphatic heterocycles. The first kappa shape index (κ1) is 15.4. The molecule has 0 saturated heterocycles. The molecule has 106 valence electrons. The monoisotopic (exact) mass is 295 g/mol. The largest absolute Gasteiger partial charge is 0.329 e. The van der Waals surface area contributed by atoms with Crippen molar-refractivity contribution in [3.05, 3.63) is 33.9 Å². The van der Waals surface area contributed by atoms with Crippen LogP contribution in [0.2, 0.25) is 0 Å². The zero-order valence-corrected chi connectivity index (χ0v) is 10.6. The van der Waals surface area contributed by atoms with Crippen LogP contribution in [0.1, 0.15) is 6.92 Å². The third-order valence-corrected chi connectivity index (χ3v) is 3.80. The first-order chi connectivity index (χ1) is 8.69. The van der Waals surface area contributed by atoms with Crippen molar-refractivity contribution in [1.29, 1.82) is 0 Å². The maximum absolute atomic E-state index is 13.4. The fourth-order valence-electron chi connectivity index (χ4n) is 1.24. The molecule has 0 aliphatic rings. The maximum Gasteiger partial charge on any atom is 0.306 e. The zero-order chi connectivity index (χ0) is 14.8. The summed E-state index contributed by atoms with van der Waals surface area (Å²) in [6.45, 7) is 1.37. The quantitative estimate of drug-likeness (QED) is 0.606. The van der Waals surface area contributed by atoms with Gasteiger partial charge in [-0.05, 0) is 6.92 Å². The number of rotatable bonds is 5. The van der Waals surface area contributed by atoms with Crippen molar-refractivity contribution in [3.8, 4) is 0 Å². The second kappa shape index (κ2) is 5.55. The highest BCUT2D eigenvalue weighted by Gasteiger charge is 2.27. The number of halogens is 2. The Balaban J connectivity index is 3.34. The van der Waals surface area contributed by atoms with Gasteiger partial charge in [-0.3, -0.25) is 10.1 Å². The molecule has 0 spiro atoms. The Morgan fingerprint density at radius 1 is 1.42 bits per heavy atom. The molecule has 0 radical (unpaired) electrons. The summed E-state index contributed by atoms with van der Waals surface area (Å²) in [5.41, 5.74) is 4.09. The molecule has 0 saturated carbocycles. The molecule has 0 aliphatic carbocycles. The maximum atomic E-state index is 13.4. The molecule has 0 unspecified atom stereocenters. The number of hydrogen-bond acceptors (Lipinski definition) is 5. The second-order valence-electron chi connectivity index (χ2n) is 3.75. The summed E-state index contributed by atoms with van der Waals surface area (Å²) in [6, 6.07) is -0.218. The van der Waals surface area contributed by atoms with E-state index in [9.17, 15) is 27.3 Å². The van der Waals surface area contributed by atoms with Crippen LogP contribution in [0.3, 0.4) is 0 Å². The second-order valence-corrected chi connectivity index (χ2v) is 5.43. The highest BCUT2D eigenvalue weighted by atomic mass is 32.2. The predicted molar refractivity (Wildman–Crippen MR) is 61.9 cm³/mol. The van der Waals surface area contributed by atoms with E-state index < -0.39 is 43.2 Å². The molecule has 19 heavy (non-hydrogen) atoms. The minimum Gasteiger partial charge on any atom is -0.329 e. The van der Waals surface area contributed by atoms with Crippen molar-refractivity contribution in [1.82, 2.24) is 4.72 Å². The topological polar surface area (TPSA) is 115 Å². The van der Waals surface area contributed by atoms with Crippen molar-refractivity contribution in [2.45, 2.75) is 17.9 Å². The van der Waals surface area contributed by atoms with Gasteiger partial charge in [0, 0.05) is 24.7 Å². The lowest BCUT2D eigenvalue weighted by molar-refractivity contribution is -0.387. The van der Waals surface area contributed by atoms with Crippen LogP contribution in [0.5, 0.6) is 0 Å². The summed E-state index contributed by atoms with van der Waals surface area (Å²) in [5.74, 6) is -2.87. The minimum absolute atomic E-state index is 0.0515. The van der Waals surface area contributed by atoms with Crippen molar-refractivity contribution >= 4 is 15.7 Å². The van der Waals surface area contributed by atoms with E-state index in [1.165, 1.54) is 6.92 Å². The summed E-state index contributed by atoms with van der Waals surface area (Å²) >= 11 is 0. The molecule has 3 N–H and O–H groups in total. The smallest absolute Gasteiger partial charge is 0.306 e. The normalized spacial score (nSPS) is 13.3. The molecular formula is C9H11F2N3O4S. The summed E-state index contributed by atoms with van der Waals surface area (Å²) in [5, 5.41) is 10.5. The van der Waals surface area contributed by atoms with Crippen LogP contribution in [0.15, 0.2) is 17.0 Å². The lowest BCUT2D eigenvalue weighted by Gasteiger charge is -2.12. The van der Waals surface area contributed by atoms with Gasteiger partial charge < -0.3 is 5.73 Å². The van der Waals surface area contributed by atoms with E-state index in [-0.39, 0.29) is 12.6 Å². The van der Waals surface area contributed by atoms with Crippen LogP contribution in [-0.4, -0.2) is 25.9 Å². The molecular weight excluding hydrogens is 284 g/mol. The average Bonchev–Trinajstić information content (AvgIpc) is 2.27. The van der Waals surface area contributed by atoms with E-state index in [4.69, 9.17) is 5.73 Å². The number of nitrogens with two attached hydrogens (primary N) is 1.